The number of carbonyl (C=O) groups is 2. The highest BCUT2D eigenvalue weighted by atomic mass is 32.2. The van der Waals surface area contributed by atoms with E-state index in [1.807, 2.05) is 30.3 Å². The van der Waals surface area contributed by atoms with Crippen LogP contribution in [0, 0.1) is 5.92 Å². The molecule has 0 aromatic heterocycles. The lowest BCUT2D eigenvalue weighted by atomic mass is 9.83. The van der Waals surface area contributed by atoms with E-state index in [1.165, 1.54) is 10.6 Å². The Morgan fingerprint density at radius 3 is 2.60 bits per heavy atom. The minimum absolute atomic E-state index is 0.0895. The third kappa shape index (κ3) is 6.02. The topological polar surface area (TPSA) is 96.0 Å². The monoisotopic (exact) mass is 437 g/mol. The third-order valence-electron chi connectivity index (χ3n) is 5.82. The van der Waals surface area contributed by atoms with Gasteiger partial charge in [-0.25, -0.2) is 8.42 Å². The molecule has 0 unspecified atom stereocenters. The summed E-state index contributed by atoms with van der Waals surface area (Å²) in [6.45, 7) is 1.39. The van der Waals surface area contributed by atoms with Gasteiger partial charge in [-0.2, -0.15) is 4.31 Å². The van der Waals surface area contributed by atoms with Gasteiger partial charge in [0.2, 0.25) is 21.8 Å². The predicted octanol–water partition coefficient (Wildman–Crippen LogP) is 0.982. The number of sulfonamides is 1. The van der Waals surface area contributed by atoms with E-state index in [0.29, 0.717) is 32.5 Å². The van der Waals surface area contributed by atoms with Crippen LogP contribution in [0.1, 0.15) is 31.2 Å². The average molecular weight is 438 g/mol. The molecule has 1 N–H and O–H groups in total. The first-order valence-corrected chi connectivity index (χ1v) is 12.3. The van der Waals surface area contributed by atoms with Gasteiger partial charge in [0.25, 0.3) is 0 Å². The number of nitrogens with zero attached hydrogens (tertiary/aromatic N) is 2. The average Bonchev–Trinajstić information content (AvgIpc) is 2.72. The zero-order chi connectivity index (χ0) is 21.6. The Bertz CT molecular complexity index is 830. The van der Waals surface area contributed by atoms with Gasteiger partial charge < -0.3 is 15.0 Å². The number of carbonyl (C=O) groups excluding carboxylic acids is 2. The van der Waals surface area contributed by atoms with Crippen LogP contribution >= 0.6 is 0 Å². The number of fused-ring (bicyclic) bond motifs is 1. The van der Waals surface area contributed by atoms with Crippen molar-refractivity contribution in [1.29, 1.82) is 0 Å². The summed E-state index contributed by atoms with van der Waals surface area (Å²) in [7, 11) is -3.51. The predicted molar refractivity (Wildman–Crippen MR) is 113 cm³/mol. The molecule has 0 spiro atoms. The number of nitrogens with one attached hydrogen (secondary N) is 1. The van der Waals surface area contributed by atoms with Crippen LogP contribution in [0.5, 0.6) is 0 Å². The standard InChI is InChI=1S/C21H31N3O5S/c1-30(27,28)24-14-13-23(20(25)16-29-15-17-7-3-2-4-8-17)12-11-22-21(26)18-9-5-6-10-19(18)24/h2-4,7-8,18-19H,5-6,9-16H2,1H3,(H,22,26)/t18-,19+/m0/s1. The van der Waals surface area contributed by atoms with Crippen LogP contribution in [-0.2, 0) is 31.0 Å². The number of amides is 2. The maximum atomic E-state index is 12.7. The molecule has 166 valence electrons. The fourth-order valence-electron chi connectivity index (χ4n) is 4.29. The third-order valence-corrected chi connectivity index (χ3v) is 7.13. The molecule has 1 heterocycles. The summed E-state index contributed by atoms with van der Waals surface area (Å²) in [5.41, 5.74) is 0.977. The fraction of sp³-hybridized carbons (Fsp3) is 0.619. The van der Waals surface area contributed by atoms with E-state index in [4.69, 9.17) is 4.74 Å². The lowest BCUT2D eigenvalue weighted by Gasteiger charge is -2.39. The van der Waals surface area contributed by atoms with Crippen molar-refractivity contribution in [3.63, 3.8) is 0 Å². The van der Waals surface area contributed by atoms with Crippen LogP contribution < -0.4 is 5.32 Å². The smallest absolute Gasteiger partial charge is 0.248 e. The maximum Gasteiger partial charge on any atom is 0.248 e. The molecular weight excluding hydrogens is 406 g/mol. The molecule has 9 heteroatoms. The Balaban J connectivity index is 1.66. The molecule has 8 nitrogen and oxygen atoms in total. The minimum atomic E-state index is -3.51. The van der Waals surface area contributed by atoms with E-state index in [9.17, 15) is 18.0 Å². The van der Waals surface area contributed by atoms with E-state index in [0.717, 1.165) is 18.4 Å². The molecule has 1 aliphatic heterocycles. The molecule has 30 heavy (non-hydrogen) atoms. The highest BCUT2D eigenvalue weighted by Gasteiger charge is 2.39. The van der Waals surface area contributed by atoms with Crippen LogP contribution in [0.2, 0.25) is 0 Å². The van der Waals surface area contributed by atoms with Gasteiger partial charge >= 0.3 is 0 Å². The summed E-state index contributed by atoms with van der Waals surface area (Å²) in [6, 6.07) is 9.23. The van der Waals surface area contributed by atoms with Crippen molar-refractivity contribution in [3.05, 3.63) is 35.9 Å². The molecule has 0 bridgehead atoms. The van der Waals surface area contributed by atoms with Crippen molar-refractivity contribution in [2.75, 3.05) is 39.0 Å². The second kappa shape index (κ2) is 10.4. The van der Waals surface area contributed by atoms with Gasteiger partial charge in [0.1, 0.15) is 6.61 Å². The first-order valence-electron chi connectivity index (χ1n) is 10.5. The summed E-state index contributed by atoms with van der Waals surface area (Å²) in [5.74, 6) is -0.665. The quantitative estimate of drug-likeness (QED) is 0.741. The molecule has 1 aliphatic carbocycles. The Morgan fingerprint density at radius 2 is 1.87 bits per heavy atom. The maximum absolute atomic E-state index is 12.7. The Labute approximate surface area is 178 Å². The van der Waals surface area contributed by atoms with Gasteiger partial charge in [-0.05, 0) is 18.4 Å². The van der Waals surface area contributed by atoms with Crippen LogP contribution in [-0.4, -0.2) is 74.5 Å². The van der Waals surface area contributed by atoms with Gasteiger partial charge in [0, 0.05) is 32.2 Å². The van der Waals surface area contributed by atoms with E-state index >= 15 is 0 Å². The summed E-state index contributed by atoms with van der Waals surface area (Å²) in [6.07, 6.45) is 4.36. The largest absolute Gasteiger partial charge is 0.367 e. The van der Waals surface area contributed by atoms with Crippen molar-refractivity contribution in [2.24, 2.45) is 5.92 Å². The van der Waals surface area contributed by atoms with Gasteiger partial charge in [0.15, 0.2) is 0 Å². The molecule has 2 aliphatic rings. The molecule has 2 atom stereocenters. The summed E-state index contributed by atoms with van der Waals surface area (Å²) >= 11 is 0. The number of hydrogen-bond acceptors (Lipinski definition) is 5. The van der Waals surface area contributed by atoms with Crippen LogP contribution in [0.15, 0.2) is 30.3 Å². The number of rotatable bonds is 5. The van der Waals surface area contributed by atoms with E-state index in [-0.39, 0.29) is 43.5 Å². The van der Waals surface area contributed by atoms with E-state index < -0.39 is 10.0 Å². The lowest BCUT2D eigenvalue weighted by Crippen LogP contribution is -2.55. The summed E-state index contributed by atoms with van der Waals surface area (Å²) in [4.78, 5) is 27.0. The number of hydrogen-bond donors (Lipinski definition) is 1. The van der Waals surface area contributed by atoms with Gasteiger partial charge in [0.05, 0.1) is 18.8 Å². The number of benzene rings is 1. The molecule has 2 fully saturated rings. The van der Waals surface area contributed by atoms with Crippen LogP contribution in [0.4, 0.5) is 0 Å². The summed E-state index contributed by atoms with van der Waals surface area (Å²) in [5, 5.41) is 2.90. The molecule has 2 amide bonds. The van der Waals surface area contributed by atoms with Gasteiger partial charge in [-0.15, -0.1) is 0 Å². The Hall–Kier alpha value is -1.97. The van der Waals surface area contributed by atoms with Crippen molar-refractivity contribution >= 4 is 21.8 Å². The van der Waals surface area contributed by atoms with Gasteiger partial charge in [-0.3, -0.25) is 9.59 Å². The molecule has 1 saturated carbocycles. The SMILES string of the molecule is CS(=O)(=O)N1CCN(C(=O)COCc2ccccc2)CCNC(=O)[C@H]2CCCC[C@H]21. The molecule has 1 aromatic carbocycles. The number of ether oxygens (including phenoxy) is 1. The first-order chi connectivity index (χ1) is 14.4. The highest BCUT2D eigenvalue weighted by molar-refractivity contribution is 7.88. The Morgan fingerprint density at radius 1 is 1.13 bits per heavy atom. The van der Waals surface area contributed by atoms with Crippen LogP contribution in [0.3, 0.4) is 0 Å². The zero-order valence-corrected chi connectivity index (χ0v) is 18.3. The second-order valence-electron chi connectivity index (χ2n) is 7.98. The molecular formula is C21H31N3O5S. The van der Waals surface area contributed by atoms with E-state index in [2.05, 4.69) is 5.32 Å². The van der Waals surface area contributed by atoms with Crippen molar-refractivity contribution in [1.82, 2.24) is 14.5 Å². The Kier molecular flexibility index (Phi) is 7.85. The highest BCUT2D eigenvalue weighted by Crippen LogP contribution is 2.30. The normalized spacial score (nSPS) is 24.0. The van der Waals surface area contributed by atoms with Crippen molar-refractivity contribution in [3.8, 4) is 0 Å². The first kappa shape index (κ1) is 22.7. The zero-order valence-electron chi connectivity index (χ0n) is 17.5. The van der Waals surface area contributed by atoms with Crippen molar-refractivity contribution < 1.29 is 22.7 Å². The van der Waals surface area contributed by atoms with Gasteiger partial charge in [-0.1, -0.05) is 43.2 Å². The molecule has 1 aromatic rings. The molecule has 3 rings (SSSR count). The molecule has 1 saturated heterocycles. The molecule has 0 radical (unpaired) electrons. The van der Waals surface area contributed by atoms with E-state index in [1.54, 1.807) is 4.90 Å². The fourth-order valence-corrected chi connectivity index (χ4v) is 5.44. The lowest BCUT2D eigenvalue weighted by molar-refractivity contribution is -0.138. The second-order valence-corrected chi connectivity index (χ2v) is 9.92. The minimum Gasteiger partial charge on any atom is -0.367 e. The van der Waals surface area contributed by atoms with Crippen molar-refractivity contribution in [2.45, 2.75) is 38.3 Å². The summed E-state index contributed by atoms with van der Waals surface area (Å²) < 4.78 is 31.9. The van der Waals surface area contributed by atoms with Crippen LogP contribution in [0.25, 0.3) is 0 Å².